The van der Waals surface area contributed by atoms with Gasteiger partial charge in [-0.1, -0.05) is 12.8 Å². The molecule has 2 aliphatic heterocycles. The van der Waals surface area contributed by atoms with Gasteiger partial charge in [0.25, 0.3) is 0 Å². The van der Waals surface area contributed by atoms with Gasteiger partial charge in [0.05, 0.1) is 18.7 Å². The van der Waals surface area contributed by atoms with Gasteiger partial charge in [-0.3, -0.25) is 4.79 Å². The van der Waals surface area contributed by atoms with Crippen LogP contribution in [0.15, 0.2) is 0 Å². The number of carbonyl (C=O) groups excluding carboxylic acids is 1. The molecular formula is C19H28N4O2S. The van der Waals surface area contributed by atoms with E-state index in [-0.39, 0.29) is 11.3 Å². The summed E-state index contributed by atoms with van der Waals surface area (Å²) in [4.78, 5) is 19.8. The lowest BCUT2D eigenvalue weighted by molar-refractivity contribution is -0.124. The first-order valence-electron chi connectivity index (χ1n) is 10.1. The van der Waals surface area contributed by atoms with Crippen molar-refractivity contribution < 1.29 is 9.53 Å². The summed E-state index contributed by atoms with van der Waals surface area (Å²) < 4.78 is 9.93. The first-order valence-corrected chi connectivity index (χ1v) is 10.8. The highest BCUT2D eigenvalue weighted by Gasteiger charge is 2.54. The Hall–Kier alpha value is -1.21. The molecule has 0 spiro atoms. The van der Waals surface area contributed by atoms with Crippen molar-refractivity contribution in [2.45, 2.75) is 69.4 Å². The largest absolute Gasteiger partial charge is 0.384 e. The van der Waals surface area contributed by atoms with Gasteiger partial charge in [-0.05, 0) is 32.1 Å². The van der Waals surface area contributed by atoms with Crippen molar-refractivity contribution in [3.63, 3.8) is 0 Å². The molecule has 2 saturated heterocycles. The quantitative estimate of drug-likeness (QED) is 0.792. The van der Waals surface area contributed by atoms with E-state index in [1.807, 2.05) is 0 Å². The average molecular weight is 377 g/mol. The fourth-order valence-corrected chi connectivity index (χ4v) is 5.99. The average Bonchev–Trinajstić information content (AvgIpc) is 3.16. The lowest BCUT2D eigenvalue weighted by Crippen LogP contribution is -2.55. The maximum Gasteiger partial charge on any atom is 0.220 e. The van der Waals surface area contributed by atoms with Gasteiger partial charge in [0.1, 0.15) is 5.82 Å². The number of hydrogen-bond acceptors (Lipinski definition) is 6. The number of methoxy groups -OCH3 is 1. The Bertz CT molecular complexity index is 683. The minimum atomic E-state index is 0.122. The van der Waals surface area contributed by atoms with Crippen LogP contribution in [0.4, 0.5) is 5.13 Å². The molecule has 3 saturated carbocycles. The Morgan fingerprint density at radius 2 is 2.19 bits per heavy atom. The lowest BCUT2D eigenvalue weighted by Gasteiger charge is -2.37. The predicted octanol–water partition coefficient (Wildman–Crippen LogP) is 2.71. The molecule has 3 heterocycles. The van der Waals surface area contributed by atoms with Crippen LogP contribution >= 0.6 is 11.5 Å². The van der Waals surface area contributed by atoms with E-state index in [1.165, 1.54) is 32.1 Å². The zero-order chi connectivity index (χ0) is 17.7. The van der Waals surface area contributed by atoms with Crippen LogP contribution in [0.3, 0.4) is 0 Å². The summed E-state index contributed by atoms with van der Waals surface area (Å²) in [5.74, 6) is 2.40. The number of aromatic nitrogens is 2. The first kappa shape index (κ1) is 16.9. The molecule has 0 radical (unpaired) electrons. The standard InChI is InChI=1S/C19H28N4O2S/c1-25-11-19(6-7-19)9-15(24)20-16-13-8-14(16)23(10-13)18-21-17(22-26-18)12-4-2-3-5-12/h12-14,16H,2-11H2,1H3,(H,20,24). The second-order valence-electron chi connectivity index (χ2n) is 8.84. The smallest absolute Gasteiger partial charge is 0.220 e. The third-order valence-electron chi connectivity index (χ3n) is 6.97. The van der Waals surface area contributed by atoms with E-state index < -0.39 is 0 Å². The fourth-order valence-electron chi connectivity index (χ4n) is 5.18. The van der Waals surface area contributed by atoms with Crippen molar-refractivity contribution in [3.05, 3.63) is 5.82 Å². The number of amides is 1. The maximum atomic E-state index is 12.5. The van der Waals surface area contributed by atoms with Crippen LogP contribution in [-0.4, -0.2) is 47.6 Å². The van der Waals surface area contributed by atoms with E-state index >= 15 is 0 Å². The van der Waals surface area contributed by atoms with Gasteiger partial charge >= 0.3 is 0 Å². The highest BCUT2D eigenvalue weighted by molar-refractivity contribution is 7.09. The van der Waals surface area contributed by atoms with E-state index in [1.54, 1.807) is 18.6 Å². The van der Waals surface area contributed by atoms with E-state index in [0.717, 1.165) is 30.3 Å². The number of hydrogen-bond donors (Lipinski definition) is 1. The molecule has 1 aromatic rings. The molecule has 1 amide bonds. The number of nitrogens with one attached hydrogen (secondary N) is 1. The maximum absolute atomic E-state index is 12.5. The van der Waals surface area contributed by atoms with Crippen LogP contribution < -0.4 is 10.2 Å². The van der Waals surface area contributed by atoms with Crippen LogP contribution in [0.2, 0.25) is 0 Å². The second kappa shape index (κ2) is 6.44. The van der Waals surface area contributed by atoms with Gasteiger partial charge in [-0.25, -0.2) is 4.98 Å². The Kier molecular flexibility index (Phi) is 4.20. The summed E-state index contributed by atoms with van der Waals surface area (Å²) in [5.41, 5.74) is 0.122. The van der Waals surface area contributed by atoms with Gasteiger partial charge in [0, 0.05) is 48.9 Å². The zero-order valence-electron chi connectivity index (χ0n) is 15.4. The SMILES string of the molecule is COCC1(CC(=O)NC2C3CC2N(c2nc(C4CCCC4)ns2)C3)CC1. The molecular weight excluding hydrogens is 348 g/mol. The van der Waals surface area contributed by atoms with E-state index in [4.69, 9.17) is 9.72 Å². The molecule has 7 heteroatoms. The third-order valence-corrected chi connectivity index (χ3v) is 7.73. The van der Waals surface area contributed by atoms with Crippen molar-refractivity contribution in [3.8, 4) is 0 Å². The van der Waals surface area contributed by atoms with Crippen molar-refractivity contribution in [2.24, 2.45) is 11.3 Å². The summed E-state index contributed by atoms with van der Waals surface area (Å²) in [6, 6.07) is 0.700. The number of anilines is 1. The van der Waals surface area contributed by atoms with Crippen LogP contribution in [0.25, 0.3) is 0 Å². The molecule has 3 atom stereocenters. The number of ether oxygens (including phenoxy) is 1. The Morgan fingerprint density at radius 3 is 2.92 bits per heavy atom. The summed E-state index contributed by atoms with van der Waals surface area (Å²) >= 11 is 1.55. The number of carbonyl (C=O) groups is 1. The summed E-state index contributed by atoms with van der Waals surface area (Å²) in [6.07, 6.45) is 9.13. The molecule has 142 valence electrons. The van der Waals surface area contributed by atoms with E-state index in [9.17, 15) is 4.79 Å². The van der Waals surface area contributed by atoms with Crippen molar-refractivity contribution in [1.82, 2.24) is 14.7 Å². The van der Waals surface area contributed by atoms with E-state index in [0.29, 0.717) is 36.9 Å². The summed E-state index contributed by atoms with van der Waals surface area (Å²) in [7, 11) is 1.73. The summed E-state index contributed by atoms with van der Waals surface area (Å²) in [5, 5.41) is 4.38. The molecule has 26 heavy (non-hydrogen) atoms. The first-order chi connectivity index (χ1) is 12.7. The van der Waals surface area contributed by atoms with Crippen LogP contribution in [0.1, 0.15) is 63.1 Å². The van der Waals surface area contributed by atoms with E-state index in [2.05, 4.69) is 14.6 Å². The van der Waals surface area contributed by atoms with Gasteiger partial charge in [-0.2, -0.15) is 4.37 Å². The number of fused-ring (bicyclic) bond motifs is 1. The molecule has 0 aromatic carbocycles. The van der Waals surface area contributed by atoms with Gasteiger partial charge in [-0.15, -0.1) is 0 Å². The predicted molar refractivity (Wildman–Crippen MR) is 100 cm³/mol. The molecule has 2 bridgehead atoms. The Labute approximate surface area is 158 Å². The van der Waals surface area contributed by atoms with Gasteiger partial charge in [0.2, 0.25) is 11.0 Å². The van der Waals surface area contributed by atoms with Gasteiger partial charge < -0.3 is 15.0 Å². The van der Waals surface area contributed by atoms with Crippen molar-refractivity contribution in [2.75, 3.05) is 25.2 Å². The third kappa shape index (κ3) is 2.93. The van der Waals surface area contributed by atoms with Crippen molar-refractivity contribution in [1.29, 1.82) is 0 Å². The highest BCUT2D eigenvalue weighted by atomic mass is 32.1. The van der Waals surface area contributed by atoms with Crippen LogP contribution in [0.5, 0.6) is 0 Å². The summed E-state index contributed by atoms with van der Waals surface area (Å²) in [6.45, 7) is 1.72. The topological polar surface area (TPSA) is 67.3 Å². The molecule has 5 fully saturated rings. The Morgan fingerprint density at radius 1 is 1.38 bits per heavy atom. The Balaban J connectivity index is 1.19. The normalized spacial score (nSPS) is 31.9. The molecule has 5 aliphatic rings. The van der Waals surface area contributed by atoms with Crippen LogP contribution in [0, 0.1) is 11.3 Å². The minimum Gasteiger partial charge on any atom is -0.384 e. The molecule has 1 aromatic heterocycles. The fraction of sp³-hybridized carbons (Fsp3) is 0.842. The second-order valence-corrected chi connectivity index (χ2v) is 9.57. The number of rotatable bonds is 7. The monoisotopic (exact) mass is 376 g/mol. The molecule has 1 N–H and O–H groups in total. The van der Waals surface area contributed by atoms with Crippen LogP contribution in [-0.2, 0) is 9.53 Å². The zero-order valence-corrected chi connectivity index (χ0v) is 16.3. The van der Waals surface area contributed by atoms with Crippen molar-refractivity contribution >= 4 is 22.6 Å². The molecule has 6 rings (SSSR count). The number of nitrogens with zero attached hydrogens (tertiary/aromatic N) is 3. The minimum absolute atomic E-state index is 0.122. The molecule has 6 nitrogen and oxygen atoms in total. The lowest BCUT2D eigenvalue weighted by atomic mass is 9.80. The highest BCUT2D eigenvalue weighted by Crippen LogP contribution is 2.49. The molecule has 3 unspecified atom stereocenters. The molecule has 3 aliphatic carbocycles. The van der Waals surface area contributed by atoms with Gasteiger partial charge in [0.15, 0.2) is 0 Å².